The maximum absolute atomic E-state index is 10.5. The number of rotatable bonds is 1. The zero-order valence-corrected chi connectivity index (χ0v) is 8.61. The van der Waals surface area contributed by atoms with Gasteiger partial charge in [-0.3, -0.25) is 4.79 Å². The van der Waals surface area contributed by atoms with Gasteiger partial charge in [0, 0.05) is 16.7 Å². The Morgan fingerprint density at radius 1 is 1.07 bits per heavy atom. The molecule has 0 atom stereocenters. The zero-order valence-electron chi connectivity index (χ0n) is 8.61. The molecule has 0 radical (unpaired) electrons. The zero-order chi connectivity index (χ0) is 10.7. The van der Waals surface area contributed by atoms with E-state index in [0.29, 0.717) is 5.92 Å². The third kappa shape index (κ3) is 2.32. The quantitative estimate of drug-likeness (QED) is 0.666. The van der Waals surface area contributed by atoms with Crippen molar-refractivity contribution in [2.24, 2.45) is 5.92 Å². The second-order valence-electron chi connectivity index (χ2n) is 4.06. The average Bonchev–Trinajstić information content (AvgIpc) is 2.74. The Morgan fingerprint density at radius 2 is 1.60 bits per heavy atom. The van der Waals surface area contributed by atoms with Crippen molar-refractivity contribution in [3.8, 4) is 0 Å². The van der Waals surface area contributed by atoms with E-state index in [-0.39, 0.29) is 5.43 Å². The number of hydrogen-bond donors (Lipinski definition) is 0. The maximum Gasteiger partial charge on any atom is 0.194 e. The molecule has 2 aromatic rings. The number of fused-ring (bicyclic) bond motifs is 1. The monoisotopic (exact) mass is 202 g/mol. The van der Waals surface area contributed by atoms with E-state index >= 15 is 0 Å². The molecule has 0 aliphatic heterocycles. The van der Waals surface area contributed by atoms with Gasteiger partial charge in [-0.15, -0.1) is 0 Å². The molecular formula is C13H14O2. The lowest BCUT2D eigenvalue weighted by molar-refractivity contribution is -0.110. The summed E-state index contributed by atoms with van der Waals surface area (Å²) in [6.45, 7) is 0. The maximum atomic E-state index is 10.5. The van der Waals surface area contributed by atoms with Gasteiger partial charge in [-0.1, -0.05) is 37.1 Å². The average molecular weight is 202 g/mol. The molecule has 2 aromatic carbocycles. The summed E-state index contributed by atoms with van der Waals surface area (Å²) < 4.78 is 0. The lowest BCUT2D eigenvalue weighted by Crippen LogP contribution is -1.91. The lowest BCUT2D eigenvalue weighted by Gasteiger charge is -1.90. The molecule has 2 heteroatoms. The summed E-state index contributed by atoms with van der Waals surface area (Å²) in [7, 11) is 0. The van der Waals surface area contributed by atoms with Gasteiger partial charge in [-0.05, 0) is 12.8 Å². The van der Waals surface area contributed by atoms with Crippen LogP contribution >= 0.6 is 0 Å². The molecule has 1 aliphatic rings. The van der Waals surface area contributed by atoms with Gasteiger partial charge in [0.05, 0.1) is 0 Å². The number of hydrogen-bond acceptors (Lipinski definition) is 2. The molecule has 78 valence electrons. The third-order valence-electron chi connectivity index (χ3n) is 2.95. The van der Waals surface area contributed by atoms with Crippen LogP contribution in [0.5, 0.6) is 0 Å². The summed E-state index contributed by atoms with van der Waals surface area (Å²) in [4.78, 5) is 20.6. The minimum Gasteiger partial charge on any atom is -0.303 e. The van der Waals surface area contributed by atoms with Gasteiger partial charge in [-0.25, -0.2) is 0 Å². The molecule has 15 heavy (non-hydrogen) atoms. The Morgan fingerprint density at radius 3 is 1.93 bits per heavy atom. The van der Waals surface area contributed by atoms with Gasteiger partial charge in [0.1, 0.15) is 6.29 Å². The third-order valence-corrected chi connectivity index (χ3v) is 2.95. The second-order valence-corrected chi connectivity index (χ2v) is 4.06. The van der Waals surface area contributed by atoms with Crippen LogP contribution in [0.25, 0.3) is 10.8 Å². The van der Waals surface area contributed by atoms with Crippen LogP contribution in [-0.4, -0.2) is 6.29 Å². The number of benzene rings is 1. The summed E-state index contributed by atoms with van der Waals surface area (Å²) in [5, 5.41) is 1.79. The van der Waals surface area contributed by atoms with E-state index in [0.717, 1.165) is 29.9 Å². The highest BCUT2D eigenvalue weighted by atomic mass is 16.1. The van der Waals surface area contributed by atoms with E-state index in [1.165, 1.54) is 12.8 Å². The van der Waals surface area contributed by atoms with Crippen LogP contribution in [0.4, 0.5) is 0 Å². The molecule has 1 fully saturated rings. The molecule has 1 saturated carbocycles. The Balaban J connectivity index is 0.000000115. The van der Waals surface area contributed by atoms with Gasteiger partial charge >= 0.3 is 0 Å². The van der Waals surface area contributed by atoms with Gasteiger partial charge in [-0.2, -0.15) is 0 Å². The minimum atomic E-state index is 0.218. The number of carbonyl (C=O) groups excluding carboxylic acids is 1. The predicted molar refractivity (Wildman–Crippen MR) is 60.6 cm³/mol. The molecular weight excluding hydrogens is 188 g/mol. The van der Waals surface area contributed by atoms with Crippen LogP contribution in [-0.2, 0) is 4.79 Å². The first-order valence-electron chi connectivity index (χ1n) is 5.42. The molecule has 0 N–H and O–H groups in total. The van der Waals surface area contributed by atoms with Gasteiger partial charge < -0.3 is 4.79 Å². The first kappa shape index (κ1) is 10.1. The van der Waals surface area contributed by atoms with Gasteiger partial charge in [0.15, 0.2) is 5.43 Å². The SMILES string of the molecule is O=CC1CCCC1.O=c1c2ccccc12. The van der Waals surface area contributed by atoms with Crippen molar-refractivity contribution < 1.29 is 4.79 Å². The highest BCUT2D eigenvalue weighted by Crippen LogP contribution is 2.21. The van der Waals surface area contributed by atoms with E-state index in [2.05, 4.69) is 0 Å². The molecule has 0 amide bonds. The van der Waals surface area contributed by atoms with Crippen LogP contribution in [0.2, 0.25) is 0 Å². The molecule has 0 bridgehead atoms. The van der Waals surface area contributed by atoms with Crippen molar-refractivity contribution in [2.75, 3.05) is 0 Å². The number of carbonyl (C=O) groups is 1. The van der Waals surface area contributed by atoms with Gasteiger partial charge in [0.25, 0.3) is 0 Å². The Bertz CT molecular complexity index is 426. The Labute approximate surface area is 88.6 Å². The van der Waals surface area contributed by atoms with Crippen LogP contribution in [0.15, 0.2) is 29.1 Å². The molecule has 0 heterocycles. The van der Waals surface area contributed by atoms with E-state index in [4.69, 9.17) is 0 Å². The summed E-state index contributed by atoms with van der Waals surface area (Å²) in [5.74, 6) is 0.417. The first-order valence-corrected chi connectivity index (χ1v) is 5.42. The van der Waals surface area contributed by atoms with Crippen molar-refractivity contribution in [3.63, 3.8) is 0 Å². The van der Waals surface area contributed by atoms with Crippen molar-refractivity contribution in [2.45, 2.75) is 25.7 Å². The standard InChI is InChI=1S/C7H4O.C6H10O/c8-7-5-3-1-2-4-6(5)7;7-5-6-3-1-2-4-6/h1-4H;5-6H,1-4H2. The van der Waals surface area contributed by atoms with Crippen molar-refractivity contribution in [1.82, 2.24) is 0 Å². The van der Waals surface area contributed by atoms with Crippen LogP contribution in [0, 0.1) is 5.92 Å². The van der Waals surface area contributed by atoms with E-state index in [1.807, 2.05) is 24.3 Å². The molecule has 1 aliphatic carbocycles. The highest BCUT2D eigenvalue weighted by Gasteiger charge is 2.12. The minimum absolute atomic E-state index is 0.218. The highest BCUT2D eigenvalue weighted by molar-refractivity contribution is 5.96. The van der Waals surface area contributed by atoms with E-state index in [9.17, 15) is 9.59 Å². The van der Waals surface area contributed by atoms with Crippen LogP contribution in [0.3, 0.4) is 0 Å². The first-order chi connectivity index (χ1) is 7.33. The topological polar surface area (TPSA) is 34.1 Å². The Kier molecular flexibility index (Phi) is 2.95. The molecule has 0 spiro atoms. The van der Waals surface area contributed by atoms with Crippen molar-refractivity contribution >= 4 is 17.1 Å². The van der Waals surface area contributed by atoms with Gasteiger partial charge in [0.2, 0.25) is 0 Å². The van der Waals surface area contributed by atoms with Crippen molar-refractivity contribution in [3.05, 3.63) is 34.5 Å². The van der Waals surface area contributed by atoms with Crippen LogP contribution < -0.4 is 5.43 Å². The predicted octanol–water partition coefficient (Wildman–Crippen LogP) is 2.45. The lowest BCUT2D eigenvalue weighted by atomic mass is 10.1. The molecule has 3 rings (SSSR count). The molecule has 0 unspecified atom stereocenters. The summed E-state index contributed by atoms with van der Waals surface area (Å²) in [6, 6.07) is 7.45. The fraction of sp³-hybridized carbons (Fsp3) is 0.385. The molecule has 0 saturated heterocycles. The second kappa shape index (κ2) is 4.39. The van der Waals surface area contributed by atoms with E-state index < -0.39 is 0 Å². The Hall–Kier alpha value is -1.44. The summed E-state index contributed by atoms with van der Waals surface area (Å²) in [5.41, 5.74) is 0.218. The smallest absolute Gasteiger partial charge is 0.194 e. The normalized spacial score (nSPS) is 16.5. The fourth-order valence-electron chi connectivity index (χ4n) is 1.93. The number of aldehydes is 1. The summed E-state index contributed by atoms with van der Waals surface area (Å²) in [6.07, 6.45) is 5.91. The molecule has 2 nitrogen and oxygen atoms in total. The summed E-state index contributed by atoms with van der Waals surface area (Å²) >= 11 is 0. The van der Waals surface area contributed by atoms with E-state index in [1.54, 1.807) is 0 Å². The molecule has 0 aromatic heterocycles. The van der Waals surface area contributed by atoms with Crippen LogP contribution in [0.1, 0.15) is 25.7 Å². The van der Waals surface area contributed by atoms with Crippen molar-refractivity contribution in [1.29, 1.82) is 0 Å². The largest absolute Gasteiger partial charge is 0.303 e. The fourth-order valence-corrected chi connectivity index (χ4v) is 1.93.